The lowest BCUT2D eigenvalue weighted by Gasteiger charge is -2.33. The van der Waals surface area contributed by atoms with Crippen LogP contribution in [0.3, 0.4) is 0 Å². The van der Waals surface area contributed by atoms with Crippen molar-refractivity contribution in [3.05, 3.63) is 35.6 Å². The van der Waals surface area contributed by atoms with Crippen molar-refractivity contribution in [3.63, 3.8) is 0 Å². The minimum Gasteiger partial charge on any atom is -0.475 e. The van der Waals surface area contributed by atoms with E-state index < -0.39 is 11.7 Å². The van der Waals surface area contributed by atoms with Crippen LogP contribution in [-0.4, -0.2) is 46.1 Å². The molecular weight excluding hydrogens is 361 g/mol. The number of carbonyl (C=O) groups excluding carboxylic acids is 1. The van der Waals surface area contributed by atoms with Crippen molar-refractivity contribution in [2.24, 2.45) is 0 Å². The second kappa shape index (κ2) is 7.45. The molecule has 0 aliphatic carbocycles. The third-order valence-electron chi connectivity index (χ3n) is 4.67. The van der Waals surface area contributed by atoms with Gasteiger partial charge in [-0.1, -0.05) is 26.0 Å². The number of amides is 1. The van der Waals surface area contributed by atoms with Crippen molar-refractivity contribution in [1.29, 1.82) is 0 Å². The molecule has 0 spiro atoms. The van der Waals surface area contributed by atoms with Crippen LogP contribution in [0.4, 0.5) is 9.18 Å². The topological polar surface area (TPSA) is 56.6 Å². The molecule has 3 rings (SSSR count). The number of benzene rings is 1. The molecule has 0 saturated carbocycles. The monoisotopic (exact) mass is 389 g/mol. The van der Waals surface area contributed by atoms with Crippen LogP contribution in [0.25, 0.3) is 11.3 Å². The van der Waals surface area contributed by atoms with Gasteiger partial charge >= 0.3 is 6.09 Å². The summed E-state index contributed by atoms with van der Waals surface area (Å²) in [6.07, 6.45) is -0.407. The second-order valence-electron chi connectivity index (χ2n) is 8.44. The van der Waals surface area contributed by atoms with Crippen molar-refractivity contribution in [2.75, 3.05) is 13.7 Å². The van der Waals surface area contributed by atoms with Gasteiger partial charge in [-0.3, -0.25) is 0 Å². The van der Waals surface area contributed by atoms with Gasteiger partial charge in [-0.25, -0.2) is 13.9 Å². The summed E-state index contributed by atoms with van der Waals surface area (Å²) in [5.74, 6) is 0.433. The number of fused-ring (bicyclic) bond motifs is 1. The van der Waals surface area contributed by atoms with Crippen molar-refractivity contribution in [2.45, 2.75) is 58.7 Å². The number of carbonyl (C=O) groups is 1. The average molecular weight is 389 g/mol. The minimum absolute atomic E-state index is 0.110. The molecule has 1 amide bonds. The van der Waals surface area contributed by atoms with Crippen LogP contribution in [0.5, 0.6) is 5.88 Å². The maximum absolute atomic E-state index is 14.4. The normalized spacial score (nSPS) is 16.5. The molecular formula is C21H28FN3O3. The molecule has 7 heteroatoms. The lowest BCUT2D eigenvalue weighted by atomic mass is 9.98. The van der Waals surface area contributed by atoms with Gasteiger partial charge in [0.2, 0.25) is 5.88 Å². The standard InChI is InChI=1S/C21H28FN3O3/c1-13(2)17-18(15-9-7-8-10-16(15)22)23-25-11-14(12-27-19(17)25)24(6)20(26)28-21(3,4)5/h7-10,13-14H,11-12H2,1-6H3. The Balaban J connectivity index is 1.91. The zero-order chi connectivity index (χ0) is 20.6. The number of likely N-dealkylation sites (N-methyl/N-ethyl adjacent to an activating group) is 1. The maximum Gasteiger partial charge on any atom is 0.410 e. The van der Waals surface area contributed by atoms with Gasteiger partial charge in [0.15, 0.2) is 0 Å². The fourth-order valence-electron chi connectivity index (χ4n) is 3.25. The fourth-order valence-corrected chi connectivity index (χ4v) is 3.25. The first-order valence-corrected chi connectivity index (χ1v) is 9.52. The fraction of sp³-hybridized carbons (Fsp3) is 0.524. The Kier molecular flexibility index (Phi) is 5.37. The first-order chi connectivity index (χ1) is 13.1. The van der Waals surface area contributed by atoms with E-state index in [1.165, 1.54) is 11.0 Å². The quantitative estimate of drug-likeness (QED) is 0.779. The molecule has 6 nitrogen and oxygen atoms in total. The number of hydrogen-bond acceptors (Lipinski definition) is 4. The maximum atomic E-state index is 14.4. The number of nitrogens with zero attached hydrogens (tertiary/aromatic N) is 3. The molecule has 2 aromatic rings. The molecule has 1 unspecified atom stereocenters. The summed E-state index contributed by atoms with van der Waals surface area (Å²) < 4.78 is 27.6. The van der Waals surface area contributed by atoms with Crippen LogP contribution in [0, 0.1) is 5.82 Å². The molecule has 1 aromatic heterocycles. The highest BCUT2D eigenvalue weighted by Gasteiger charge is 2.33. The molecule has 28 heavy (non-hydrogen) atoms. The Hall–Kier alpha value is -2.57. The molecule has 0 N–H and O–H groups in total. The molecule has 0 radical (unpaired) electrons. The molecule has 0 saturated heterocycles. The van der Waals surface area contributed by atoms with Gasteiger partial charge in [0.05, 0.1) is 12.6 Å². The van der Waals surface area contributed by atoms with E-state index in [1.807, 2.05) is 34.6 Å². The van der Waals surface area contributed by atoms with E-state index in [1.54, 1.807) is 29.9 Å². The van der Waals surface area contributed by atoms with Crippen LogP contribution < -0.4 is 4.74 Å². The molecule has 0 fully saturated rings. The summed E-state index contributed by atoms with van der Waals surface area (Å²) in [5.41, 5.74) is 1.35. The molecule has 1 aliphatic rings. The van der Waals surface area contributed by atoms with E-state index in [0.717, 1.165) is 5.56 Å². The summed E-state index contributed by atoms with van der Waals surface area (Å²) in [6, 6.07) is 6.38. The van der Waals surface area contributed by atoms with Crippen LogP contribution in [0.15, 0.2) is 24.3 Å². The van der Waals surface area contributed by atoms with Crippen LogP contribution in [0.2, 0.25) is 0 Å². The molecule has 0 bridgehead atoms. The highest BCUT2D eigenvalue weighted by Crippen LogP contribution is 2.38. The lowest BCUT2D eigenvalue weighted by molar-refractivity contribution is 0.0103. The van der Waals surface area contributed by atoms with Crippen LogP contribution in [0.1, 0.15) is 46.1 Å². The minimum atomic E-state index is -0.569. The Morgan fingerprint density at radius 2 is 2.04 bits per heavy atom. The number of aromatic nitrogens is 2. The predicted molar refractivity (Wildman–Crippen MR) is 105 cm³/mol. The summed E-state index contributed by atoms with van der Waals surface area (Å²) in [7, 11) is 1.69. The van der Waals surface area contributed by atoms with Crippen LogP contribution in [-0.2, 0) is 11.3 Å². The number of hydrogen-bond donors (Lipinski definition) is 0. The van der Waals surface area contributed by atoms with Gasteiger partial charge in [0.1, 0.15) is 23.7 Å². The SMILES string of the molecule is CC(C)c1c(-c2ccccc2F)nn2c1OCC(N(C)C(=O)OC(C)(C)C)C2. The number of rotatable bonds is 3. The van der Waals surface area contributed by atoms with Gasteiger partial charge in [-0.15, -0.1) is 0 Å². The van der Waals surface area contributed by atoms with E-state index in [2.05, 4.69) is 5.10 Å². The van der Waals surface area contributed by atoms with Crippen molar-refractivity contribution < 1.29 is 18.7 Å². The molecule has 1 aromatic carbocycles. The van der Waals surface area contributed by atoms with Gasteiger partial charge in [-0.05, 0) is 38.8 Å². The van der Waals surface area contributed by atoms with Crippen molar-refractivity contribution >= 4 is 6.09 Å². The average Bonchev–Trinajstić information content (AvgIpc) is 2.98. The largest absolute Gasteiger partial charge is 0.475 e. The Bertz CT molecular complexity index is 870. The predicted octanol–water partition coefficient (Wildman–Crippen LogP) is 4.44. The summed E-state index contributed by atoms with van der Waals surface area (Å²) in [4.78, 5) is 13.9. The van der Waals surface area contributed by atoms with Crippen molar-refractivity contribution in [1.82, 2.24) is 14.7 Å². The third kappa shape index (κ3) is 3.98. The van der Waals surface area contributed by atoms with E-state index in [4.69, 9.17) is 9.47 Å². The summed E-state index contributed by atoms with van der Waals surface area (Å²) >= 11 is 0. The molecule has 152 valence electrons. The zero-order valence-electron chi connectivity index (χ0n) is 17.3. The van der Waals surface area contributed by atoms with Crippen molar-refractivity contribution in [3.8, 4) is 17.1 Å². The number of ether oxygens (including phenoxy) is 2. The van der Waals surface area contributed by atoms with Gasteiger partial charge < -0.3 is 14.4 Å². The summed E-state index contributed by atoms with van der Waals surface area (Å²) in [6.45, 7) is 10.3. The Morgan fingerprint density at radius 3 is 2.64 bits per heavy atom. The summed E-state index contributed by atoms with van der Waals surface area (Å²) in [5, 5.41) is 4.64. The molecule has 1 atom stereocenters. The third-order valence-corrected chi connectivity index (χ3v) is 4.67. The van der Waals surface area contributed by atoms with E-state index in [9.17, 15) is 9.18 Å². The lowest BCUT2D eigenvalue weighted by Crippen LogP contribution is -2.47. The zero-order valence-corrected chi connectivity index (χ0v) is 17.3. The van der Waals surface area contributed by atoms with E-state index >= 15 is 0 Å². The first kappa shape index (κ1) is 20.2. The van der Waals surface area contributed by atoms with E-state index in [-0.39, 0.29) is 17.8 Å². The Labute approximate surface area is 165 Å². The molecule has 2 heterocycles. The van der Waals surface area contributed by atoms with Gasteiger partial charge in [0, 0.05) is 18.2 Å². The molecule has 1 aliphatic heterocycles. The van der Waals surface area contributed by atoms with Gasteiger partial charge in [0.25, 0.3) is 0 Å². The smallest absolute Gasteiger partial charge is 0.410 e. The highest BCUT2D eigenvalue weighted by molar-refractivity contribution is 5.69. The number of halogens is 1. The first-order valence-electron chi connectivity index (χ1n) is 9.52. The Morgan fingerprint density at radius 1 is 1.36 bits per heavy atom. The second-order valence-corrected chi connectivity index (χ2v) is 8.44. The highest BCUT2D eigenvalue weighted by atomic mass is 19.1. The van der Waals surface area contributed by atoms with E-state index in [0.29, 0.717) is 30.3 Å². The van der Waals surface area contributed by atoms with Crippen LogP contribution >= 0.6 is 0 Å². The van der Waals surface area contributed by atoms with Gasteiger partial charge in [-0.2, -0.15) is 5.10 Å².